The number of carbonyl (C=O) groups is 1. The second-order valence-corrected chi connectivity index (χ2v) is 10.4. The molecule has 0 aliphatic carbocycles. The summed E-state index contributed by atoms with van der Waals surface area (Å²) in [7, 11) is -10.6. The summed E-state index contributed by atoms with van der Waals surface area (Å²) in [5, 5.41) is 26.3. The number of amides is 1. The fourth-order valence-electron chi connectivity index (χ4n) is 3.27. The van der Waals surface area contributed by atoms with E-state index in [1.807, 2.05) is 0 Å². The lowest BCUT2D eigenvalue weighted by atomic mass is 10.1. The molecule has 1 saturated heterocycles. The Kier molecular flexibility index (Phi) is 9.00. The molecule has 1 amide bonds. The number of H-pyrrole nitrogens is 1. The van der Waals surface area contributed by atoms with Crippen molar-refractivity contribution in [3.63, 3.8) is 0 Å². The van der Waals surface area contributed by atoms with E-state index in [1.165, 1.54) is 0 Å². The van der Waals surface area contributed by atoms with Crippen molar-refractivity contribution in [2.24, 2.45) is 0 Å². The number of carbonyl (C=O) groups excluding carboxylic acids is 1. The van der Waals surface area contributed by atoms with Crippen molar-refractivity contribution < 1.29 is 52.4 Å². The number of anilines is 1. The summed E-state index contributed by atoms with van der Waals surface area (Å²) in [5.41, 5.74) is -0.726. The molecule has 1 aliphatic rings. The van der Waals surface area contributed by atoms with Crippen molar-refractivity contribution >= 4 is 38.7 Å². The molecule has 3 rings (SSSR count). The van der Waals surface area contributed by atoms with E-state index in [-0.39, 0.29) is 23.0 Å². The van der Waals surface area contributed by atoms with E-state index >= 15 is 0 Å². The monoisotopic (exact) mass is 556 g/mol. The SMILES string of the molecule is CCC(=O)NCCCNc1nc2c(ncn2[C@@H]2O[C@H](COP(=O)(O)OP(=O)(O)O)[C@@H](O)[C@H]2O)c(=O)[nH]1. The summed E-state index contributed by atoms with van der Waals surface area (Å²) in [6.45, 7) is 1.61. The molecular formula is C16H26N6O12P2. The van der Waals surface area contributed by atoms with Gasteiger partial charge in [0.15, 0.2) is 17.4 Å². The first-order chi connectivity index (χ1) is 16.8. The number of rotatable bonds is 12. The van der Waals surface area contributed by atoms with E-state index in [2.05, 4.69) is 34.4 Å². The minimum atomic E-state index is -5.35. The number of aromatic nitrogens is 4. The second kappa shape index (κ2) is 11.4. The summed E-state index contributed by atoms with van der Waals surface area (Å²) in [5.74, 6) is -0.0243. The van der Waals surface area contributed by atoms with Crippen LogP contribution in [0.2, 0.25) is 0 Å². The van der Waals surface area contributed by atoms with Crippen LogP contribution in [-0.4, -0.2) is 88.3 Å². The van der Waals surface area contributed by atoms with Gasteiger partial charge in [-0.25, -0.2) is 14.1 Å². The highest BCUT2D eigenvalue weighted by Gasteiger charge is 2.46. The summed E-state index contributed by atoms with van der Waals surface area (Å²) in [6, 6.07) is 0. The van der Waals surface area contributed by atoms with Crippen LogP contribution in [0.25, 0.3) is 11.2 Å². The van der Waals surface area contributed by atoms with Crippen LogP contribution in [0, 0.1) is 0 Å². The Morgan fingerprint density at radius 2 is 1.97 bits per heavy atom. The molecule has 1 aliphatic heterocycles. The fourth-order valence-corrected chi connectivity index (χ4v) is 4.87. The van der Waals surface area contributed by atoms with Crippen LogP contribution >= 0.6 is 15.6 Å². The minimum absolute atomic E-state index is 0.0176. The zero-order valence-corrected chi connectivity index (χ0v) is 20.5. The Morgan fingerprint density at radius 3 is 2.64 bits per heavy atom. The number of phosphoric ester groups is 1. The maximum Gasteiger partial charge on any atom is 0.481 e. The Morgan fingerprint density at radius 1 is 1.25 bits per heavy atom. The van der Waals surface area contributed by atoms with Gasteiger partial charge >= 0.3 is 15.6 Å². The number of imidazole rings is 1. The van der Waals surface area contributed by atoms with Gasteiger partial charge < -0.3 is 40.3 Å². The molecule has 0 radical (unpaired) electrons. The number of hydrogen-bond acceptors (Lipinski definition) is 12. The lowest BCUT2D eigenvalue weighted by Gasteiger charge is -2.17. The van der Waals surface area contributed by atoms with Crippen molar-refractivity contribution in [1.29, 1.82) is 0 Å². The van der Waals surface area contributed by atoms with E-state index in [9.17, 15) is 33.8 Å². The van der Waals surface area contributed by atoms with Gasteiger partial charge in [0.05, 0.1) is 12.9 Å². The summed E-state index contributed by atoms with van der Waals surface area (Å²) in [4.78, 5) is 61.1. The Balaban J connectivity index is 1.70. The summed E-state index contributed by atoms with van der Waals surface area (Å²) in [6.07, 6.45) is -4.05. The molecule has 1 unspecified atom stereocenters. The molecule has 0 saturated carbocycles. The number of nitrogens with zero attached hydrogens (tertiary/aromatic N) is 3. The summed E-state index contributed by atoms with van der Waals surface area (Å²) >= 11 is 0. The normalized spacial score (nSPS) is 24.1. The second-order valence-electron chi connectivity index (χ2n) is 7.61. The molecule has 0 aromatic carbocycles. The smallest absolute Gasteiger partial charge is 0.387 e. The summed E-state index contributed by atoms with van der Waals surface area (Å²) < 4.78 is 37.2. The van der Waals surface area contributed by atoms with Gasteiger partial charge in [0.2, 0.25) is 11.9 Å². The van der Waals surface area contributed by atoms with Gasteiger partial charge in [-0.2, -0.15) is 9.29 Å². The highest BCUT2D eigenvalue weighted by atomic mass is 31.3. The Hall–Kier alpha value is -2.24. The minimum Gasteiger partial charge on any atom is -0.387 e. The lowest BCUT2D eigenvalue weighted by Crippen LogP contribution is -2.33. The molecule has 36 heavy (non-hydrogen) atoms. The maximum absolute atomic E-state index is 12.4. The maximum atomic E-state index is 12.4. The van der Waals surface area contributed by atoms with Gasteiger partial charge in [-0.3, -0.25) is 23.7 Å². The Bertz CT molecular complexity index is 1230. The lowest BCUT2D eigenvalue weighted by molar-refractivity contribution is -0.120. The van der Waals surface area contributed by atoms with Gasteiger partial charge in [-0.15, -0.1) is 0 Å². The number of aliphatic hydroxyl groups is 2. The number of ether oxygens (including phenoxy) is 1. The molecule has 0 bridgehead atoms. The van der Waals surface area contributed by atoms with E-state index in [0.717, 1.165) is 10.9 Å². The highest BCUT2D eigenvalue weighted by molar-refractivity contribution is 7.60. The van der Waals surface area contributed by atoms with Gasteiger partial charge in [0.1, 0.15) is 18.3 Å². The van der Waals surface area contributed by atoms with Crippen LogP contribution in [-0.2, 0) is 27.5 Å². The van der Waals surface area contributed by atoms with Crippen molar-refractivity contribution in [3.8, 4) is 0 Å². The number of hydrogen-bond donors (Lipinski definition) is 8. The van der Waals surface area contributed by atoms with Crippen LogP contribution in [0.5, 0.6) is 0 Å². The molecule has 1 fully saturated rings. The first kappa shape index (κ1) is 28.3. The molecule has 20 heteroatoms. The van der Waals surface area contributed by atoms with Crippen LogP contribution < -0.4 is 16.2 Å². The topological polar surface area (TPSA) is 268 Å². The zero-order chi connectivity index (χ0) is 26.7. The molecular weight excluding hydrogens is 530 g/mol. The molecule has 202 valence electrons. The van der Waals surface area contributed by atoms with Crippen molar-refractivity contribution in [1.82, 2.24) is 24.8 Å². The van der Waals surface area contributed by atoms with E-state index in [1.54, 1.807) is 6.92 Å². The molecule has 2 aromatic rings. The molecule has 5 atom stereocenters. The van der Waals surface area contributed by atoms with Crippen LogP contribution in [0.4, 0.5) is 5.95 Å². The number of aliphatic hydroxyl groups excluding tert-OH is 2. The van der Waals surface area contributed by atoms with Crippen molar-refractivity contribution in [2.45, 2.75) is 44.3 Å². The number of aromatic amines is 1. The zero-order valence-electron chi connectivity index (χ0n) is 18.8. The first-order valence-electron chi connectivity index (χ1n) is 10.5. The highest BCUT2D eigenvalue weighted by Crippen LogP contribution is 2.57. The Labute approximate surface area is 202 Å². The third kappa shape index (κ3) is 7.17. The first-order valence-corrected chi connectivity index (χ1v) is 13.6. The number of nitrogens with one attached hydrogen (secondary N) is 3. The average Bonchev–Trinajstić information content (AvgIpc) is 3.32. The van der Waals surface area contributed by atoms with E-state index in [0.29, 0.717) is 25.9 Å². The number of fused-ring (bicyclic) bond motifs is 1. The molecule has 3 heterocycles. The van der Waals surface area contributed by atoms with Crippen LogP contribution in [0.1, 0.15) is 26.0 Å². The molecule has 0 spiro atoms. The van der Waals surface area contributed by atoms with Crippen molar-refractivity contribution in [2.75, 3.05) is 25.0 Å². The van der Waals surface area contributed by atoms with Gasteiger partial charge in [-0.1, -0.05) is 6.92 Å². The largest absolute Gasteiger partial charge is 0.481 e. The quantitative estimate of drug-likeness (QED) is 0.107. The van der Waals surface area contributed by atoms with Crippen LogP contribution in [0.15, 0.2) is 11.1 Å². The third-order valence-corrected chi connectivity index (χ3v) is 7.10. The standard InChI is InChI=1S/C16H26N6O12P2/c1-2-9(23)17-4-3-5-18-16-20-13-10(14(26)21-16)19-7-22(13)15-12(25)11(24)8(33-15)6-32-36(30,31)34-35(27,28)29/h7-8,11-12,15,24-25H,2-6H2,1H3,(H,17,23)(H,30,31)(H2,27,28,29)(H2,18,20,21,26)/t8-,11-,12-,15-/m1/s1. The molecule has 18 nitrogen and oxygen atoms in total. The van der Waals surface area contributed by atoms with E-state index in [4.69, 9.17) is 14.5 Å². The van der Waals surface area contributed by atoms with Gasteiger partial charge in [0.25, 0.3) is 5.56 Å². The van der Waals surface area contributed by atoms with Crippen LogP contribution in [0.3, 0.4) is 0 Å². The molecule has 2 aromatic heterocycles. The van der Waals surface area contributed by atoms with Gasteiger partial charge in [0, 0.05) is 19.5 Å². The fraction of sp³-hybridized carbons (Fsp3) is 0.625. The average molecular weight is 556 g/mol. The third-order valence-electron chi connectivity index (χ3n) is 4.94. The van der Waals surface area contributed by atoms with Crippen molar-refractivity contribution in [3.05, 3.63) is 16.7 Å². The predicted octanol–water partition coefficient (Wildman–Crippen LogP) is -1.71. The van der Waals surface area contributed by atoms with E-state index < -0.39 is 52.4 Å². The predicted molar refractivity (Wildman–Crippen MR) is 119 cm³/mol. The molecule has 8 N–H and O–H groups in total. The number of phosphoric acid groups is 2. The van der Waals surface area contributed by atoms with Gasteiger partial charge in [-0.05, 0) is 6.42 Å².